The molecule has 1 atom stereocenters. The maximum atomic E-state index is 3.70. The van der Waals surface area contributed by atoms with Crippen LogP contribution in [0.3, 0.4) is 0 Å². The zero-order valence-electron chi connectivity index (χ0n) is 12.8. The van der Waals surface area contributed by atoms with Crippen LogP contribution >= 0.6 is 0 Å². The van der Waals surface area contributed by atoms with Crippen LogP contribution in [0.2, 0.25) is 0 Å². The molecule has 2 heteroatoms. The summed E-state index contributed by atoms with van der Waals surface area (Å²) < 4.78 is 0. The number of nitrogens with one attached hydrogen (secondary N) is 1. The maximum absolute atomic E-state index is 3.70. The molecule has 0 amide bonds. The molecule has 1 unspecified atom stereocenters. The minimum atomic E-state index is 0.500. The van der Waals surface area contributed by atoms with Crippen LogP contribution < -0.4 is 5.32 Å². The Kier molecular flexibility index (Phi) is 4.71. The number of rotatable bonds is 5. The molecule has 0 aromatic heterocycles. The summed E-state index contributed by atoms with van der Waals surface area (Å²) >= 11 is 0. The van der Waals surface area contributed by atoms with E-state index in [4.69, 9.17) is 0 Å². The van der Waals surface area contributed by atoms with Crippen molar-refractivity contribution in [3.63, 3.8) is 0 Å². The Morgan fingerprint density at radius 3 is 2.17 bits per heavy atom. The predicted octanol–water partition coefficient (Wildman–Crippen LogP) is 3.28. The van der Waals surface area contributed by atoms with Gasteiger partial charge in [0.05, 0.1) is 0 Å². The summed E-state index contributed by atoms with van der Waals surface area (Å²) in [5.74, 6) is 0.919. The Hall–Kier alpha value is -0.0800. The average molecular weight is 252 g/mol. The highest BCUT2D eigenvalue weighted by Gasteiger charge is 2.31. The summed E-state index contributed by atoms with van der Waals surface area (Å²) in [6.07, 6.45) is 6.89. The summed E-state index contributed by atoms with van der Waals surface area (Å²) in [5, 5.41) is 3.70. The van der Waals surface area contributed by atoms with E-state index in [1.807, 2.05) is 0 Å². The fourth-order valence-electron chi connectivity index (χ4n) is 3.25. The van der Waals surface area contributed by atoms with Gasteiger partial charge < -0.3 is 5.32 Å². The van der Waals surface area contributed by atoms with E-state index in [1.54, 1.807) is 0 Å². The van der Waals surface area contributed by atoms with E-state index >= 15 is 0 Å². The van der Waals surface area contributed by atoms with Crippen LogP contribution in [0.5, 0.6) is 0 Å². The zero-order chi connectivity index (χ0) is 13.2. The summed E-state index contributed by atoms with van der Waals surface area (Å²) in [5.41, 5.74) is 0.500. The lowest BCUT2D eigenvalue weighted by atomic mass is 9.75. The highest BCUT2D eigenvalue weighted by atomic mass is 15.2. The van der Waals surface area contributed by atoms with Gasteiger partial charge in [-0.1, -0.05) is 27.7 Å². The summed E-state index contributed by atoms with van der Waals surface area (Å²) in [7, 11) is 0. The number of nitrogens with zero attached hydrogens (tertiary/aromatic N) is 1. The third-order valence-corrected chi connectivity index (χ3v) is 4.96. The molecule has 2 fully saturated rings. The van der Waals surface area contributed by atoms with Crippen molar-refractivity contribution in [2.45, 2.75) is 71.9 Å². The van der Waals surface area contributed by atoms with Crippen molar-refractivity contribution < 1.29 is 0 Å². The second-order valence-corrected chi connectivity index (χ2v) is 7.42. The smallest absolute Gasteiger partial charge is 0.0218 e. The van der Waals surface area contributed by atoms with Gasteiger partial charge in [0.2, 0.25) is 0 Å². The van der Waals surface area contributed by atoms with Gasteiger partial charge in [0.25, 0.3) is 0 Å². The lowest BCUT2D eigenvalue weighted by Gasteiger charge is -2.42. The molecule has 0 bridgehead atoms. The topological polar surface area (TPSA) is 15.3 Å². The SMILES string of the molecule is CCC(CNC1CC1)N1CCC(C(C)(C)C)CC1. The van der Waals surface area contributed by atoms with Crippen LogP contribution in [0, 0.1) is 11.3 Å². The first kappa shape index (κ1) is 14.3. The molecule has 1 aliphatic heterocycles. The molecule has 0 radical (unpaired) electrons. The number of hydrogen-bond donors (Lipinski definition) is 1. The summed E-state index contributed by atoms with van der Waals surface area (Å²) in [6.45, 7) is 13.4. The first-order valence-corrected chi connectivity index (χ1v) is 7.98. The predicted molar refractivity (Wildman–Crippen MR) is 78.9 cm³/mol. The molecule has 2 rings (SSSR count). The molecule has 1 heterocycles. The maximum Gasteiger partial charge on any atom is 0.0218 e. The first-order valence-electron chi connectivity index (χ1n) is 7.98. The molecule has 2 aliphatic rings. The molecule has 0 aromatic carbocycles. The van der Waals surface area contributed by atoms with Crippen molar-refractivity contribution in [3.05, 3.63) is 0 Å². The Morgan fingerprint density at radius 2 is 1.72 bits per heavy atom. The third kappa shape index (κ3) is 3.96. The van der Waals surface area contributed by atoms with E-state index in [2.05, 4.69) is 37.9 Å². The lowest BCUT2D eigenvalue weighted by Crippen LogP contribution is -2.47. The Labute approximate surface area is 114 Å². The van der Waals surface area contributed by atoms with E-state index in [9.17, 15) is 0 Å². The van der Waals surface area contributed by atoms with Crippen LogP contribution in [0.15, 0.2) is 0 Å². The van der Waals surface area contributed by atoms with Crippen molar-refractivity contribution in [3.8, 4) is 0 Å². The Morgan fingerprint density at radius 1 is 1.11 bits per heavy atom. The second kappa shape index (κ2) is 5.92. The van der Waals surface area contributed by atoms with Gasteiger partial charge in [-0.3, -0.25) is 4.90 Å². The third-order valence-electron chi connectivity index (χ3n) is 4.96. The van der Waals surface area contributed by atoms with Gasteiger partial charge in [-0.2, -0.15) is 0 Å². The highest BCUT2D eigenvalue weighted by molar-refractivity contribution is 4.87. The minimum absolute atomic E-state index is 0.500. The van der Waals surface area contributed by atoms with Gasteiger partial charge in [-0.05, 0) is 56.5 Å². The largest absolute Gasteiger partial charge is 0.312 e. The standard InChI is InChI=1S/C16H32N2/c1-5-15(12-17-14-6-7-14)18-10-8-13(9-11-18)16(2,3)4/h13-15,17H,5-12H2,1-4H3. The Bertz CT molecular complexity index is 244. The van der Waals surface area contributed by atoms with Crippen molar-refractivity contribution in [1.82, 2.24) is 10.2 Å². The van der Waals surface area contributed by atoms with Crippen molar-refractivity contribution >= 4 is 0 Å². The van der Waals surface area contributed by atoms with Gasteiger partial charge in [-0.25, -0.2) is 0 Å². The van der Waals surface area contributed by atoms with E-state index in [0.717, 1.165) is 18.0 Å². The van der Waals surface area contributed by atoms with Crippen molar-refractivity contribution in [2.75, 3.05) is 19.6 Å². The lowest BCUT2D eigenvalue weighted by molar-refractivity contribution is 0.0804. The van der Waals surface area contributed by atoms with Crippen LogP contribution in [0.25, 0.3) is 0 Å². The van der Waals surface area contributed by atoms with E-state index < -0.39 is 0 Å². The Balaban J connectivity index is 1.75. The second-order valence-electron chi connectivity index (χ2n) is 7.42. The fourth-order valence-corrected chi connectivity index (χ4v) is 3.25. The molecule has 1 aliphatic carbocycles. The average Bonchev–Trinajstić information content (AvgIpc) is 3.13. The van der Waals surface area contributed by atoms with Gasteiger partial charge >= 0.3 is 0 Å². The van der Waals surface area contributed by atoms with Crippen LogP contribution in [-0.4, -0.2) is 36.6 Å². The monoisotopic (exact) mass is 252 g/mol. The molecule has 0 spiro atoms. The molecule has 1 N–H and O–H groups in total. The van der Waals surface area contributed by atoms with Crippen molar-refractivity contribution in [1.29, 1.82) is 0 Å². The molecule has 2 nitrogen and oxygen atoms in total. The van der Waals surface area contributed by atoms with Crippen LogP contribution in [-0.2, 0) is 0 Å². The molecule has 106 valence electrons. The fraction of sp³-hybridized carbons (Fsp3) is 1.00. The first-order chi connectivity index (χ1) is 8.50. The van der Waals surface area contributed by atoms with Gasteiger partial charge in [-0.15, -0.1) is 0 Å². The highest BCUT2D eigenvalue weighted by Crippen LogP contribution is 2.34. The number of piperidine rings is 1. The van der Waals surface area contributed by atoms with Crippen molar-refractivity contribution in [2.24, 2.45) is 11.3 Å². The van der Waals surface area contributed by atoms with E-state index in [1.165, 1.54) is 51.7 Å². The molecule has 18 heavy (non-hydrogen) atoms. The van der Waals surface area contributed by atoms with Gasteiger partial charge in [0.15, 0.2) is 0 Å². The molecular weight excluding hydrogens is 220 g/mol. The number of likely N-dealkylation sites (tertiary alicyclic amines) is 1. The number of hydrogen-bond acceptors (Lipinski definition) is 2. The molecular formula is C16H32N2. The van der Waals surface area contributed by atoms with E-state index in [-0.39, 0.29) is 0 Å². The normalized spacial score (nSPS) is 25.3. The quantitative estimate of drug-likeness (QED) is 0.808. The summed E-state index contributed by atoms with van der Waals surface area (Å²) in [4.78, 5) is 2.73. The van der Waals surface area contributed by atoms with Crippen LogP contribution in [0.4, 0.5) is 0 Å². The van der Waals surface area contributed by atoms with Crippen LogP contribution in [0.1, 0.15) is 59.8 Å². The van der Waals surface area contributed by atoms with Gasteiger partial charge in [0, 0.05) is 18.6 Å². The molecule has 1 saturated carbocycles. The summed E-state index contributed by atoms with van der Waals surface area (Å²) in [6, 6.07) is 1.62. The minimum Gasteiger partial charge on any atom is -0.312 e. The molecule has 1 saturated heterocycles. The van der Waals surface area contributed by atoms with E-state index in [0.29, 0.717) is 5.41 Å². The molecule has 0 aromatic rings. The zero-order valence-corrected chi connectivity index (χ0v) is 12.8. The van der Waals surface area contributed by atoms with Gasteiger partial charge in [0.1, 0.15) is 0 Å².